The molecule has 0 saturated carbocycles. The molecule has 3 aromatic carbocycles. The van der Waals surface area contributed by atoms with Crippen LogP contribution in [0.2, 0.25) is 0 Å². The number of hydrogen-bond donors (Lipinski definition) is 2. The van der Waals surface area contributed by atoms with Crippen LogP contribution in [0.25, 0.3) is 22.8 Å². The van der Waals surface area contributed by atoms with Gasteiger partial charge in [-0.25, -0.2) is 9.59 Å². The average molecular weight is 469 g/mol. The van der Waals surface area contributed by atoms with Gasteiger partial charge in [0.15, 0.2) is 0 Å². The number of carbonyl (C=O) groups is 2. The summed E-state index contributed by atoms with van der Waals surface area (Å²) in [6.45, 7) is 11.1. The van der Waals surface area contributed by atoms with E-state index in [1.54, 1.807) is 42.5 Å². The molecule has 0 bridgehead atoms. The van der Waals surface area contributed by atoms with E-state index in [4.69, 9.17) is 0 Å². The van der Waals surface area contributed by atoms with Gasteiger partial charge in [0.25, 0.3) is 0 Å². The lowest BCUT2D eigenvalue weighted by Gasteiger charge is -2.42. The topological polar surface area (TPSA) is 74.6 Å². The van der Waals surface area contributed by atoms with Crippen LogP contribution in [0.1, 0.15) is 90.4 Å². The van der Waals surface area contributed by atoms with Gasteiger partial charge in [-0.3, -0.25) is 0 Å². The molecule has 0 amide bonds. The van der Waals surface area contributed by atoms with E-state index in [9.17, 15) is 19.8 Å². The third-order valence-electron chi connectivity index (χ3n) is 7.45. The Morgan fingerprint density at radius 3 is 1.97 bits per heavy atom. The Hall–Kier alpha value is -3.66. The van der Waals surface area contributed by atoms with Crippen molar-refractivity contribution >= 4 is 23.6 Å². The summed E-state index contributed by atoms with van der Waals surface area (Å²) < 4.78 is 0. The second-order valence-corrected chi connectivity index (χ2v) is 10.8. The maximum absolute atomic E-state index is 12.1. The molecule has 2 N–H and O–H groups in total. The van der Waals surface area contributed by atoms with Gasteiger partial charge in [0.05, 0.1) is 11.1 Å². The van der Waals surface area contributed by atoms with E-state index in [-0.39, 0.29) is 22.0 Å². The molecule has 0 heterocycles. The maximum atomic E-state index is 12.1. The van der Waals surface area contributed by atoms with Gasteiger partial charge in [0.1, 0.15) is 0 Å². The summed E-state index contributed by atoms with van der Waals surface area (Å²) in [4.78, 5) is 24.0. The maximum Gasteiger partial charge on any atom is 0.336 e. The number of benzene rings is 3. The number of carboxylic acids is 2. The van der Waals surface area contributed by atoms with Crippen molar-refractivity contribution in [1.82, 2.24) is 0 Å². The zero-order valence-electron chi connectivity index (χ0n) is 21.0. The van der Waals surface area contributed by atoms with E-state index < -0.39 is 11.9 Å². The van der Waals surface area contributed by atoms with E-state index in [2.05, 4.69) is 45.9 Å². The lowest BCUT2D eigenvalue weighted by atomic mass is 9.63. The van der Waals surface area contributed by atoms with Crippen molar-refractivity contribution < 1.29 is 19.8 Å². The molecule has 0 spiro atoms. The fraction of sp³-hybridized carbons (Fsp3) is 0.290. The van der Waals surface area contributed by atoms with Crippen LogP contribution in [0.4, 0.5) is 0 Å². The van der Waals surface area contributed by atoms with E-state index in [0.717, 1.165) is 24.0 Å². The quantitative estimate of drug-likeness (QED) is 0.377. The van der Waals surface area contributed by atoms with Crippen molar-refractivity contribution in [3.63, 3.8) is 0 Å². The molecule has 0 unspecified atom stereocenters. The lowest BCUT2D eigenvalue weighted by molar-refractivity contribution is 0.0687. The van der Waals surface area contributed by atoms with Crippen LogP contribution in [0.15, 0.2) is 60.7 Å². The molecular formula is C31H32O4. The molecule has 1 aliphatic carbocycles. The minimum Gasteiger partial charge on any atom is -0.478 e. The molecule has 180 valence electrons. The van der Waals surface area contributed by atoms with Gasteiger partial charge >= 0.3 is 11.9 Å². The summed E-state index contributed by atoms with van der Waals surface area (Å²) >= 11 is 0. The summed E-state index contributed by atoms with van der Waals surface area (Å²) in [6, 6.07) is 18.3. The van der Waals surface area contributed by atoms with Crippen LogP contribution in [0.5, 0.6) is 0 Å². The molecule has 0 radical (unpaired) electrons. The molecule has 0 aliphatic heterocycles. The van der Waals surface area contributed by atoms with Crippen LogP contribution in [0, 0.1) is 0 Å². The van der Waals surface area contributed by atoms with E-state index >= 15 is 0 Å². The van der Waals surface area contributed by atoms with Crippen LogP contribution >= 0.6 is 0 Å². The van der Waals surface area contributed by atoms with E-state index in [1.165, 1.54) is 11.1 Å². The van der Waals surface area contributed by atoms with Crippen molar-refractivity contribution in [3.8, 4) is 11.1 Å². The van der Waals surface area contributed by atoms with E-state index in [1.807, 2.05) is 13.0 Å². The number of fused-ring (bicyclic) bond motifs is 1. The number of aromatic carboxylic acids is 2. The molecule has 0 atom stereocenters. The minimum atomic E-state index is -1.05. The summed E-state index contributed by atoms with van der Waals surface area (Å²) in [5.41, 5.74) is 6.70. The molecule has 4 heteroatoms. The van der Waals surface area contributed by atoms with Gasteiger partial charge in [0, 0.05) is 0 Å². The summed E-state index contributed by atoms with van der Waals surface area (Å²) in [5, 5.41) is 19.7. The number of hydrogen-bond acceptors (Lipinski definition) is 2. The summed E-state index contributed by atoms with van der Waals surface area (Å²) in [5.74, 6) is -2.10. The lowest BCUT2D eigenvalue weighted by Crippen LogP contribution is -2.33. The Bertz CT molecular complexity index is 1360. The Labute approximate surface area is 207 Å². The smallest absolute Gasteiger partial charge is 0.336 e. The highest BCUT2D eigenvalue weighted by atomic mass is 16.4. The Morgan fingerprint density at radius 2 is 1.31 bits per heavy atom. The van der Waals surface area contributed by atoms with Gasteiger partial charge < -0.3 is 10.2 Å². The summed E-state index contributed by atoms with van der Waals surface area (Å²) in [6.07, 6.45) is 4.12. The number of allylic oxidation sites excluding steroid dienone is 1. The van der Waals surface area contributed by atoms with Crippen molar-refractivity contribution in [2.75, 3.05) is 0 Å². The SMILES string of the molecule is CC(=Cc1c(C(=O)O)cccc1-c1ccccc1C(=O)O)c1ccc2c(c1)C(C)(C)CCC2(C)C. The largest absolute Gasteiger partial charge is 0.478 e. The standard InChI is InChI=1S/C31H32O4/c1-19(20-13-14-26-27(18-20)31(4,5)16-15-30(26,2)3)17-25-22(11-8-12-24(25)29(34)35)21-9-6-7-10-23(21)28(32)33/h6-14,17-18H,15-16H2,1-5H3,(H,32,33)(H,34,35). The van der Waals surface area contributed by atoms with Crippen molar-refractivity contribution in [2.24, 2.45) is 0 Å². The fourth-order valence-electron chi connectivity index (χ4n) is 5.18. The molecule has 0 fully saturated rings. The van der Waals surface area contributed by atoms with Crippen molar-refractivity contribution in [2.45, 2.75) is 58.3 Å². The van der Waals surface area contributed by atoms with Gasteiger partial charge in [-0.1, -0.05) is 76.2 Å². The van der Waals surface area contributed by atoms with Crippen LogP contribution in [-0.4, -0.2) is 22.2 Å². The zero-order valence-corrected chi connectivity index (χ0v) is 21.0. The zero-order chi connectivity index (χ0) is 25.5. The molecular weight excluding hydrogens is 436 g/mol. The first-order valence-corrected chi connectivity index (χ1v) is 11.9. The minimum absolute atomic E-state index is 0.0612. The summed E-state index contributed by atoms with van der Waals surface area (Å²) in [7, 11) is 0. The van der Waals surface area contributed by atoms with Crippen molar-refractivity contribution in [1.29, 1.82) is 0 Å². The predicted molar refractivity (Wildman–Crippen MR) is 141 cm³/mol. The Morgan fingerprint density at radius 1 is 0.743 bits per heavy atom. The molecule has 0 aromatic heterocycles. The predicted octanol–water partition coefficient (Wildman–Crippen LogP) is 7.66. The Balaban J connectivity index is 1.91. The van der Waals surface area contributed by atoms with Gasteiger partial charge in [-0.05, 0) is 87.8 Å². The normalized spacial score (nSPS) is 16.4. The first kappa shape index (κ1) is 24.5. The van der Waals surface area contributed by atoms with Gasteiger partial charge in [-0.15, -0.1) is 0 Å². The Kier molecular flexibility index (Phi) is 6.18. The number of rotatable bonds is 5. The highest BCUT2D eigenvalue weighted by Crippen LogP contribution is 2.46. The third kappa shape index (κ3) is 4.53. The highest BCUT2D eigenvalue weighted by Gasteiger charge is 2.37. The first-order valence-electron chi connectivity index (χ1n) is 11.9. The second-order valence-electron chi connectivity index (χ2n) is 10.8. The fourth-order valence-corrected chi connectivity index (χ4v) is 5.18. The van der Waals surface area contributed by atoms with Crippen molar-refractivity contribution in [3.05, 3.63) is 94.0 Å². The first-order chi connectivity index (χ1) is 16.4. The third-order valence-corrected chi connectivity index (χ3v) is 7.45. The highest BCUT2D eigenvalue weighted by molar-refractivity contribution is 6.02. The average Bonchev–Trinajstić information content (AvgIpc) is 2.81. The van der Waals surface area contributed by atoms with E-state index in [0.29, 0.717) is 16.7 Å². The molecule has 35 heavy (non-hydrogen) atoms. The molecule has 0 saturated heterocycles. The van der Waals surface area contributed by atoms with Crippen LogP contribution in [0.3, 0.4) is 0 Å². The molecule has 4 rings (SSSR count). The monoisotopic (exact) mass is 468 g/mol. The second kappa shape index (κ2) is 8.84. The van der Waals surface area contributed by atoms with Crippen LogP contribution in [-0.2, 0) is 10.8 Å². The molecule has 4 nitrogen and oxygen atoms in total. The number of carboxylic acid groups (broad SMARTS) is 2. The van der Waals surface area contributed by atoms with Gasteiger partial charge in [0.2, 0.25) is 0 Å². The molecule has 1 aliphatic rings. The van der Waals surface area contributed by atoms with Gasteiger partial charge in [-0.2, -0.15) is 0 Å². The van der Waals surface area contributed by atoms with Crippen LogP contribution < -0.4 is 0 Å². The molecule has 3 aromatic rings.